The molecule has 0 radical (unpaired) electrons. The summed E-state index contributed by atoms with van der Waals surface area (Å²) < 4.78 is 15.8. The average Bonchev–Trinajstić information content (AvgIpc) is 2.84. The van der Waals surface area contributed by atoms with Gasteiger partial charge in [-0.2, -0.15) is 5.26 Å². The molecule has 0 spiro atoms. The van der Waals surface area contributed by atoms with Gasteiger partial charge in [-0.15, -0.1) is 0 Å². The molecule has 0 bridgehead atoms. The van der Waals surface area contributed by atoms with Crippen LogP contribution in [0.1, 0.15) is 37.7 Å². The minimum Gasteiger partial charge on any atom is -0.493 e. The minimum atomic E-state index is -1.13. The van der Waals surface area contributed by atoms with Gasteiger partial charge in [0.15, 0.2) is 5.70 Å². The molecule has 0 N–H and O–H groups in total. The predicted octanol–water partition coefficient (Wildman–Crippen LogP) is 3.84. The highest BCUT2D eigenvalue weighted by atomic mass is 79.9. The maximum absolute atomic E-state index is 12.9. The molecule has 0 amide bonds. The van der Waals surface area contributed by atoms with Crippen LogP contribution in [0.2, 0.25) is 0 Å². The van der Waals surface area contributed by atoms with E-state index in [1.807, 2.05) is 6.07 Å². The van der Waals surface area contributed by atoms with E-state index in [4.69, 9.17) is 14.2 Å². The van der Waals surface area contributed by atoms with Crippen LogP contribution in [-0.2, 0) is 19.1 Å². The second-order valence-electron chi connectivity index (χ2n) is 7.02. The molecule has 1 aliphatic heterocycles. The fourth-order valence-corrected chi connectivity index (χ4v) is 4.03. The van der Waals surface area contributed by atoms with Crippen molar-refractivity contribution in [2.75, 3.05) is 26.2 Å². The summed E-state index contributed by atoms with van der Waals surface area (Å²) in [6, 6.07) is 5.84. The number of rotatable bonds is 10. The van der Waals surface area contributed by atoms with Gasteiger partial charge in [0.2, 0.25) is 0 Å². The molecule has 10 nitrogen and oxygen atoms in total. The number of non-ortho nitro benzene ring substituents is 1. The van der Waals surface area contributed by atoms with E-state index in [1.54, 1.807) is 6.92 Å². The minimum absolute atomic E-state index is 0.182. The standard InChI is InChI=1S/C22H24BrN3O7/c1-4-15-19(21(27)31-2)18(20(22(28)32-3)16(12-24)25-15)14-11-13(26(29)30)7-8-17(14)33-10-6-5-9-23/h7-8,11,18-19H,4-6,9-10H2,1-3H3. The van der Waals surface area contributed by atoms with Crippen molar-refractivity contribution >= 4 is 39.3 Å². The van der Waals surface area contributed by atoms with Gasteiger partial charge in [-0.3, -0.25) is 14.9 Å². The molecule has 2 atom stereocenters. The first-order valence-corrected chi connectivity index (χ1v) is 11.3. The first kappa shape index (κ1) is 26.0. The second-order valence-corrected chi connectivity index (χ2v) is 7.82. The van der Waals surface area contributed by atoms with Gasteiger partial charge >= 0.3 is 11.9 Å². The number of nitro benzene ring substituents is 1. The van der Waals surface area contributed by atoms with Crippen molar-refractivity contribution in [2.24, 2.45) is 10.9 Å². The summed E-state index contributed by atoms with van der Waals surface area (Å²) in [5, 5.41) is 22.0. The Morgan fingerprint density at radius 1 is 1.27 bits per heavy atom. The molecule has 1 aromatic carbocycles. The molecule has 176 valence electrons. The highest BCUT2D eigenvalue weighted by Crippen LogP contribution is 2.45. The molecule has 0 saturated heterocycles. The second kappa shape index (κ2) is 12.1. The third-order valence-electron chi connectivity index (χ3n) is 5.17. The summed E-state index contributed by atoms with van der Waals surface area (Å²) in [6.45, 7) is 2.05. The number of nitriles is 1. The predicted molar refractivity (Wildman–Crippen MR) is 122 cm³/mol. The Morgan fingerprint density at radius 2 is 2.00 bits per heavy atom. The molecule has 1 aromatic rings. The van der Waals surface area contributed by atoms with E-state index in [9.17, 15) is 25.0 Å². The molecule has 0 aliphatic carbocycles. The van der Waals surface area contributed by atoms with Gasteiger partial charge in [-0.1, -0.05) is 22.9 Å². The van der Waals surface area contributed by atoms with E-state index in [-0.39, 0.29) is 34.7 Å². The zero-order valence-electron chi connectivity index (χ0n) is 18.5. The van der Waals surface area contributed by atoms with Crippen LogP contribution in [0.5, 0.6) is 5.75 Å². The Labute approximate surface area is 199 Å². The number of methoxy groups -OCH3 is 2. The van der Waals surface area contributed by atoms with E-state index in [0.29, 0.717) is 18.7 Å². The number of benzene rings is 1. The average molecular weight is 522 g/mol. The largest absolute Gasteiger partial charge is 0.493 e. The number of esters is 2. The number of allylic oxidation sites excluding steroid dienone is 1. The zero-order chi connectivity index (χ0) is 24.5. The first-order valence-electron chi connectivity index (χ1n) is 10.2. The Morgan fingerprint density at radius 3 is 2.55 bits per heavy atom. The van der Waals surface area contributed by atoms with Gasteiger partial charge in [0.05, 0.1) is 31.3 Å². The number of alkyl halides is 1. The fraction of sp³-hybridized carbons (Fsp3) is 0.455. The number of unbranched alkanes of at least 4 members (excludes halogenated alkanes) is 1. The van der Waals surface area contributed by atoms with Crippen LogP contribution in [0.3, 0.4) is 0 Å². The summed E-state index contributed by atoms with van der Waals surface area (Å²) in [5.41, 5.74) is -0.149. The third-order valence-corrected chi connectivity index (χ3v) is 5.73. The Balaban J connectivity index is 2.81. The number of halogens is 1. The molecule has 33 heavy (non-hydrogen) atoms. The molecule has 2 unspecified atom stereocenters. The van der Waals surface area contributed by atoms with Gasteiger partial charge in [-0.05, 0) is 25.3 Å². The Hall–Kier alpha value is -3.26. The van der Waals surface area contributed by atoms with Gasteiger partial charge in [-0.25, -0.2) is 9.79 Å². The Kier molecular flexibility index (Phi) is 9.54. The summed E-state index contributed by atoms with van der Waals surface area (Å²) in [6.07, 6.45) is 1.83. The number of carbonyl (C=O) groups excluding carboxylic acids is 2. The lowest BCUT2D eigenvalue weighted by molar-refractivity contribution is -0.385. The lowest BCUT2D eigenvalue weighted by Crippen LogP contribution is -2.37. The number of nitrogens with zero attached hydrogens (tertiary/aromatic N) is 3. The maximum atomic E-state index is 12.9. The zero-order valence-corrected chi connectivity index (χ0v) is 20.1. The van der Waals surface area contributed by atoms with Crippen LogP contribution < -0.4 is 4.74 Å². The van der Waals surface area contributed by atoms with Crippen molar-refractivity contribution in [3.8, 4) is 11.8 Å². The molecular weight excluding hydrogens is 498 g/mol. The lowest BCUT2D eigenvalue weighted by Gasteiger charge is -2.32. The number of ether oxygens (including phenoxy) is 3. The molecule has 11 heteroatoms. The van der Waals surface area contributed by atoms with Gasteiger partial charge in [0.1, 0.15) is 17.7 Å². The first-order chi connectivity index (χ1) is 15.8. The van der Waals surface area contributed by atoms with Crippen LogP contribution >= 0.6 is 15.9 Å². The summed E-state index contributed by atoms with van der Waals surface area (Å²) >= 11 is 3.35. The number of aliphatic imine (C=N–C) groups is 1. The molecule has 1 heterocycles. The van der Waals surface area contributed by atoms with E-state index in [1.165, 1.54) is 25.3 Å². The van der Waals surface area contributed by atoms with E-state index < -0.39 is 28.7 Å². The van der Waals surface area contributed by atoms with Crippen LogP contribution in [0.15, 0.2) is 34.5 Å². The van der Waals surface area contributed by atoms with Gasteiger partial charge in [0.25, 0.3) is 5.69 Å². The Bertz CT molecular complexity index is 1030. The third kappa shape index (κ3) is 5.76. The lowest BCUT2D eigenvalue weighted by atomic mass is 9.74. The normalized spacial score (nSPS) is 17.6. The van der Waals surface area contributed by atoms with E-state index in [2.05, 4.69) is 20.9 Å². The maximum Gasteiger partial charge on any atom is 0.337 e. The fourth-order valence-electron chi connectivity index (χ4n) is 3.63. The summed E-state index contributed by atoms with van der Waals surface area (Å²) in [4.78, 5) is 40.8. The highest BCUT2D eigenvalue weighted by molar-refractivity contribution is 9.09. The topological polar surface area (TPSA) is 141 Å². The van der Waals surface area contributed by atoms with E-state index in [0.717, 1.165) is 18.9 Å². The number of carbonyl (C=O) groups is 2. The highest BCUT2D eigenvalue weighted by Gasteiger charge is 2.45. The molecule has 1 aliphatic rings. The van der Waals surface area contributed by atoms with Crippen molar-refractivity contribution in [2.45, 2.75) is 32.1 Å². The van der Waals surface area contributed by atoms with E-state index >= 15 is 0 Å². The smallest absolute Gasteiger partial charge is 0.337 e. The van der Waals surface area contributed by atoms with Crippen LogP contribution in [0, 0.1) is 27.4 Å². The molecule has 0 saturated carbocycles. The van der Waals surface area contributed by atoms with Crippen molar-refractivity contribution in [1.29, 1.82) is 5.26 Å². The number of nitro groups is 1. The molecular formula is C22H24BrN3O7. The quantitative estimate of drug-likeness (QED) is 0.148. The van der Waals surface area contributed by atoms with Gasteiger partial charge in [0, 0.05) is 34.7 Å². The monoisotopic (exact) mass is 521 g/mol. The molecule has 2 rings (SSSR count). The molecule has 0 fully saturated rings. The van der Waals surface area contributed by atoms with Crippen molar-refractivity contribution in [3.05, 3.63) is 45.1 Å². The van der Waals surface area contributed by atoms with Crippen molar-refractivity contribution in [1.82, 2.24) is 0 Å². The summed E-state index contributed by atoms with van der Waals surface area (Å²) in [7, 11) is 2.33. The number of hydrogen-bond acceptors (Lipinski definition) is 9. The van der Waals surface area contributed by atoms with Crippen LogP contribution in [0.25, 0.3) is 0 Å². The van der Waals surface area contributed by atoms with Crippen LogP contribution in [0.4, 0.5) is 5.69 Å². The molecule has 0 aromatic heterocycles. The van der Waals surface area contributed by atoms with Crippen molar-refractivity contribution < 1.29 is 28.7 Å². The van der Waals surface area contributed by atoms with Crippen molar-refractivity contribution in [3.63, 3.8) is 0 Å². The number of hydrogen-bond donors (Lipinski definition) is 0. The summed E-state index contributed by atoms with van der Waals surface area (Å²) in [5.74, 6) is -3.54. The SMILES string of the molecule is CCC1=NC(C#N)=C(C(=O)OC)C(c2cc([N+](=O)[O-])ccc2OCCCCBr)C1C(=O)OC. The van der Waals surface area contributed by atoms with Gasteiger partial charge < -0.3 is 14.2 Å². The van der Waals surface area contributed by atoms with Crippen LogP contribution in [-0.4, -0.2) is 48.7 Å².